The first-order valence-electron chi connectivity index (χ1n) is 8.61. The lowest BCUT2D eigenvalue weighted by atomic mass is 10.0. The Morgan fingerprint density at radius 2 is 1.36 bits per heavy atom. The second-order valence-electron chi connectivity index (χ2n) is 6.11. The summed E-state index contributed by atoms with van der Waals surface area (Å²) in [5.41, 5.74) is 3.70. The number of hydrogen-bond donors (Lipinski definition) is 0. The second kappa shape index (κ2) is 8.28. The molecule has 5 nitrogen and oxygen atoms in total. The minimum atomic E-state index is -0.497. The van der Waals surface area contributed by atoms with Gasteiger partial charge in [-0.05, 0) is 54.4 Å². The van der Waals surface area contributed by atoms with Crippen molar-refractivity contribution >= 4 is 5.97 Å². The largest absolute Gasteiger partial charge is 0.496 e. The summed E-state index contributed by atoms with van der Waals surface area (Å²) in [5, 5.41) is 8.88. The third kappa shape index (κ3) is 3.97. The lowest BCUT2D eigenvalue weighted by molar-refractivity contribution is 0.0734. The summed E-state index contributed by atoms with van der Waals surface area (Å²) >= 11 is 0. The van der Waals surface area contributed by atoms with Crippen LogP contribution >= 0.6 is 0 Å². The Morgan fingerprint density at radius 3 is 1.82 bits per heavy atom. The summed E-state index contributed by atoms with van der Waals surface area (Å²) in [6.45, 7) is 1.86. The van der Waals surface area contributed by atoms with E-state index in [9.17, 15) is 4.79 Å². The van der Waals surface area contributed by atoms with Gasteiger partial charge in [-0.1, -0.05) is 24.3 Å². The number of carbonyl (C=O) groups is 1. The van der Waals surface area contributed by atoms with Crippen LogP contribution in [0.25, 0.3) is 11.1 Å². The van der Waals surface area contributed by atoms with Gasteiger partial charge in [-0.25, -0.2) is 4.79 Å². The van der Waals surface area contributed by atoms with Crippen molar-refractivity contribution < 1.29 is 19.0 Å². The van der Waals surface area contributed by atoms with Crippen LogP contribution in [0.3, 0.4) is 0 Å². The number of esters is 1. The molecule has 0 heterocycles. The summed E-state index contributed by atoms with van der Waals surface area (Å²) in [6, 6.07) is 19.8. The molecule has 3 rings (SSSR count). The highest BCUT2D eigenvalue weighted by atomic mass is 16.5. The Balaban J connectivity index is 1.78. The van der Waals surface area contributed by atoms with E-state index in [2.05, 4.69) is 6.07 Å². The van der Waals surface area contributed by atoms with Crippen LogP contribution in [0.1, 0.15) is 21.5 Å². The molecule has 3 aromatic carbocycles. The first-order valence-corrected chi connectivity index (χ1v) is 8.61. The number of benzene rings is 3. The molecule has 0 N–H and O–H groups in total. The molecule has 28 heavy (non-hydrogen) atoms. The summed E-state index contributed by atoms with van der Waals surface area (Å²) in [7, 11) is 3.08. The van der Waals surface area contributed by atoms with E-state index >= 15 is 0 Å². The molecule has 5 heteroatoms. The van der Waals surface area contributed by atoms with Gasteiger partial charge >= 0.3 is 5.97 Å². The highest BCUT2D eigenvalue weighted by Crippen LogP contribution is 2.30. The fraction of sp³-hybridized carbons (Fsp3) is 0.130. The highest BCUT2D eigenvalue weighted by molar-refractivity contribution is 5.92. The predicted molar refractivity (Wildman–Crippen MR) is 106 cm³/mol. The van der Waals surface area contributed by atoms with Crippen molar-refractivity contribution in [2.75, 3.05) is 14.2 Å². The van der Waals surface area contributed by atoms with Crippen molar-refractivity contribution in [2.24, 2.45) is 0 Å². The van der Waals surface area contributed by atoms with Crippen LogP contribution in [0, 0.1) is 18.3 Å². The Kier molecular flexibility index (Phi) is 5.61. The van der Waals surface area contributed by atoms with E-state index in [-0.39, 0.29) is 0 Å². The van der Waals surface area contributed by atoms with Gasteiger partial charge in [0.05, 0.1) is 31.4 Å². The number of carbonyl (C=O) groups excluding carboxylic acids is 1. The number of ether oxygens (including phenoxy) is 3. The van der Waals surface area contributed by atoms with Crippen LogP contribution in [-0.4, -0.2) is 20.2 Å². The van der Waals surface area contributed by atoms with Crippen LogP contribution in [0.5, 0.6) is 17.2 Å². The highest BCUT2D eigenvalue weighted by Gasteiger charge is 2.15. The molecular weight excluding hydrogens is 354 g/mol. The monoisotopic (exact) mass is 373 g/mol. The molecule has 0 unspecified atom stereocenters. The van der Waals surface area contributed by atoms with E-state index in [4.69, 9.17) is 19.5 Å². The van der Waals surface area contributed by atoms with Gasteiger partial charge in [-0.15, -0.1) is 0 Å². The number of nitriles is 1. The predicted octanol–water partition coefficient (Wildman–Crippen LogP) is 4.77. The topological polar surface area (TPSA) is 68.5 Å². The lowest BCUT2D eigenvalue weighted by Gasteiger charge is -2.12. The molecule has 0 saturated carbocycles. The van der Waals surface area contributed by atoms with Crippen LogP contribution in [0.2, 0.25) is 0 Å². The standard InChI is InChI=1S/C23H19NO4/c1-15-21(26-2)12-19(13-22(15)27-3)23(25)28-20-10-8-18(9-11-20)17-6-4-16(14-24)5-7-17/h4-13H,1-3H3. The van der Waals surface area contributed by atoms with E-state index < -0.39 is 5.97 Å². The van der Waals surface area contributed by atoms with E-state index in [1.165, 1.54) is 0 Å². The SMILES string of the molecule is COc1cc(C(=O)Oc2ccc(-c3ccc(C#N)cc3)cc2)cc(OC)c1C. The first-order chi connectivity index (χ1) is 13.5. The normalized spacial score (nSPS) is 10.1. The second-order valence-corrected chi connectivity index (χ2v) is 6.11. The lowest BCUT2D eigenvalue weighted by Crippen LogP contribution is -2.09. The minimum absolute atomic E-state index is 0.343. The van der Waals surface area contributed by atoms with Crippen LogP contribution < -0.4 is 14.2 Å². The molecule has 0 fully saturated rings. The van der Waals surface area contributed by atoms with Gasteiger partial charge in [0.15, 0.2) is 0 Å². The number of rotatable bonds is 5. The number of nitrogens with zero attached hydrogens (tertiary/aromatic N) is 1. The van der Waals surface area contributed by atoms with Crippen molar-refractivity contribution in [1.29, 1.82) is 5.26 Å². The molecule has 0 atom stereocenters. The molecule has 0 saturated heterocycles. The van der Waals surface area contributed by atoms with Crippen molar-refractivity contribution in [2.45, 2.75) is 6.92 Å². The molecule has 0 bridgehead atoms. The van der Waals surface area contributed by atoms with E-state index in [0.717, 1.165) is 16.7 Å². The molecule has 3 aromatic rings. The molecule has 0 aliphatic carbocycles. The zero-order valence-corrected chi connectivity index (χ0v) is 15.9. The molecular formula is C23H19NO4. The minimum Gasteiger partial charge on any atom is -0.496 e. The Hall–Kier alpha value is -3.78. The van der Waals surface area contributed by atoms with Gasteiger partial charge < -0.3 is 14.2 Å². The molecule has 140 valence electrons. The summed E-state index contributed by atoms with van der Waals surface area (Å²) in [6.07, 6.45) is 0. The summed E-state index contributed by atoms with van der Waals surface area (Å²) in [5.74, 6) is 1.05. The molecule has 0 spiro atoms. The fourth-order valence-electron chi connectivity index (χ4n) is 2.82. The maximum Gasteiger partial charge on any atom is 0.343 e. The summed E-state index contributed by atoms with van der Waals surface area (Å²) in [4.78, 5) is 12.5. The molecule has 0 amide bonds. The summed E-state index contributed by atoms with van der Waals surface area (Å²) < 4.78 is 16.1. The number of methoxy groups -OCH3 is 2. The van der Waals surface area contributed by atoms with Crippen molar-refractivity contribution in [3.05, 3.63) is 77.4 Å². The maximum absolute atomic E-state index is 12.5. The fourth-order valence-corrected chi connectivity index (χ4v) is 2.82. The van der Waals surface area contributed by atoms with Gasteiger partial charge in [0.25, 0.3) is 0 Å². The smallest absolute Gasteiger partial charge is 0.343 e. The first kappa shape index (κ1) is 19.0. The maximum atomic E-state index is 12.5. The average molecular weight is 373 g/mol. The van der Waals surface area contributed by atoms with Crippen LogP contribution in [0.15, 0.2) is 60.7 Å². The van der Waals surface area contributed by atoms with Gasteiger partial charge in [0.2, 0.25) is 0 Å². The van der Waals surface area contributed by atoms with Gasteiger partial charge in [0.1, 0.15) is 17.2 Å². The van der Waals surface area contributed by atoms with Crippen molar-refractivity contribution in [1.82, 2.24) is 0 Å². The number of hydrogen-bond acceptors (Lipinski definition) is 5. The van der Waals surface area contributed by atoms with Crippen LogP contribution in [-0.2, 0) is 0 Å². The van der Waals surface area contributed by atoms with E-state index in [1.54, 1.807) is 50.6 Å². The average Bonchev–Trinajstić information content (AvgIpc) is 2.74. The van der Waals surface area contributed by atoms with Crippen molar-refractivity contribution in [3.63, 3.8) is 0 Å². The molecule has 0 aliphatic rings. The molecule has 0 aromatic heterocycles. The third-order valence-electron chi connectivity index (χ3n) is 4.40. The Labute approximate surface area is 163 Å². The molecule has 0 aliphatic heterocycles. The van der Waals surface area contributed by atoms with Crippen LogP contribution in [0.4, 0.5) is 0 Å². The molecule has 0 radical (unpaired) electrons. The Morgan fingerprint density at radius 1 is 0.857 bits per heavy atom. The van der Waals surface area contributed by atoms with Gasteiger partial charge in [-0.3, -0.25) is 0 Å². The van der Waals surface area contributed by atoms with Gasteiger partial charge in [-0.2, -0.15) is 5.26 Å². The van der Waals surface area contributed by atoms with E-state index in [1.807, 2.05) is 31.2 Å². The third-order valence-corrected chi connectivity index (χ3v) is 4.40. The Bertz CT molecular complexity index is 1010. The zero-order chi connectivity index (χ0) is 20.1. The van der Waals surface area contributed by atoms with Gasteiger partial charge in [0, 0.05) is 5.56 Å². The van der Waals surface area contributed by atoms with E-state index in [0.29, 0.717) is 28.4 Å². The quantitative estimate of drug-likeness (QED) is 0.476. The zero-order valence-electron chi connectivity index (χ0n) is 15.9. The van der Waals surface area contributed by atoms with Crippen molar-refractivity contribution in [3.8, 4) is 34.4 Å².